The van der Waals surface area contributed by atoms with Crippen molar-refractivity contribution in [2.75, 3.05) is 25.5 Å². The van der Waals surface area contributed by atoms with E-state index in [1.807, 2.05) is 0 Å². The van der Waals surface area contributed by atoms with Crippen molar-refractivity contribution in [3.05, 3.63) is 24.3 Å². The van der Waals surface area contributed by atoms with Gasteiger partial charge in [-0.3, -0.25) is 14.4 Å². The highest BCUT2D eigenvalue weighted by molar-refractivity contribution is 5.96. The molecule has 0 bridgehead atoms. The average molecular weight is 292 g/mol. The summed E-state index contributed by atoms with van der Waals surface area (Å²) in [5.74, 6) is -1.83. The van der Waals surface area contributed by atoms with Crippen molar-refractivity contribution in [3.8, 4) is 5.75 Å². The third-order valence-corrected chi connectivity index (χ3v) is 3.25. The molecule has 0 spiro atoms. The maximum absolute atomic E-state index is 11.9. The number of carbonyl (C=O) groups excluding carboxylic acids is 2. The Kier molecular flexibility index (Phi) is 4.42. The number of ether oxygens (including phenoxy) is 1. The Labute approximate surface area is 121 Å². The highest BCUT2D eigenvalue weighted by Gasteiger charge is 2.34. The zero-order chi connectivity index (χ0) is 15.4. The molecule has 1 aromatic rings. The number of rotatable bonds is 5. The van der Waals surface area contributed by atoms with E-state index in [-0.39, 0.29) is 31.3 Å². The highest BCUT2D eigenvalue weighted by Crippen LogP contribution is 2.19. The predicted molar refractivity (Wildman–Crippen MR) is 73.9 cm³/mol. The number of benzene rings is 1. The maximum Gasteiger partial charge on any atom is 0.308 e. The van der Waals surface area contributed by atoms with E-state index in [4.69, 9.17) is 9.84 Å². The standard InChI is InChI=1S/C14H16N2O5/c1-21-11-4-2-3-10(6-11)15-12(17)8-16-7-9(14(19)20)5-13(16)18/h2-4,6,9H,5,7-8H2,1H3,(H,15,17)(H,19,20). The van der Waals surface area contributed by atoms with E-state index in [1.165, 1.54) is 12.0 Å². The topological polar surface area (TPSA) is 95.9 Å². The average Bonchev–Trinajstić information content (AvgIpc) is 2.80. The summed E-state index contributed by atoms with van der Waals surface area (Å²) in [5.41, 5.74) is 0.556. The van der Waals surface area contributed by atoms with Gasteiger partial charge in [0.1, 0.15) is 5.75 Å². The van der Waals surface area contributed by atoms with E-state index in [9.17, 15) is 14.4 Å². The fourth-order valence-corrected chi connectivity index (χ4v) is 2.17. The van der Waals surface area contributed by atoms with Crippen LogP contribution in [-0.4, -0.2) is 48.0 Å². The first-order valence-corrected chi connectivity index (χ1v) is 6.44. The van der Waals surface area contributed by atoms with Crippen LogP contribution in [0, 0.1) is 5.92 Å². The molecule has 112 valence electrons. The van der Waals surface area contributed by atoms with Crippen molar-refractivity contribution < 1.29 is 24.2 Å². The quantitative estimate of drug-likeness (QED) is 0.827. The van der Waals surface area contributed by atoms with Gasteiger partial charge in [-0.15, -0.1) is 0 Å². The fourth-order valence-electron chi connectivity index (χ4n) is 2.17. The summed E-state index contributed by atoms with van der Waals surface area (Å²) in [6.45, 7) is -0.0838. The lowest BCUT2D eigenvalue weighted by atomic mass is 10.1. The van der Waals surface area contributed by atoms with Crippen LogP contribution in [0.5, 0.6) is 5.75 Å². The number of aliphatic carboxylic acids is 1. The summed E-state index contributed by atoms with van der Waals surface area (Å²) in [7, 11) is 1.52. The molecule has 1 aliphatic rings. The second-order valence-electron chi connectivity index (χ2n) is 4.79. The molecule has 0 aromatic heterocycles. The lowest BCUT2D eigenvalue weighted by Crippen LogP contribution is -2.34. The number of anilines is 1. The molecule has 1 unspecified atom stereocenters. The van der Waals surface area contributed by atoms with Crippen LogP contribution in [0.4, 0.5) is 5.69 Å². The minimum absolute atomic E-state index is 0.0538. The first kappa shape index (κ1) is 14.8. The number of carbonyl (C=O) groups is 3. The summed E-state index contributed by atoms with van der Waals surface area (Å²) in [4.78, 5) is 35.6. The molecule has 1 atom stereocenters. The van der Waals surface area contributed by atoms with Crippen molar-refractivity contribution in [2.24, 2.45) is 5.92 Å². The zero-order valence-corrected chi connectivity index (χ0v) is 11.5. The van der Waals surface area contributed by atoms with Crippen LogP contribution < -0.4 is 10.1 Å². The Morgan fingerprint density at radius 2 is 2.24 bits per heavy atom. The van der Waals surface area contributed by atoms with Crippen molar-refractivity contribution in [2.45, 2.75) is 6.42 Å². The van der Waals surface area contributed by atoms with Crippen molar-refractivity contribution in [1.82, 2.24) is 4.90 Å². The molecule has 21 heavy (non-hydrogen) atoms. The van der Waals surface area contributed by atoms with Crippen LogP contribution in [0.1, 0.15) is 6.42 Å². The number of likely N-dealkylation sites (tertiary alicyclic amines) is 1. The van der Waals surface area contributed by atoms with E-state index in [2.05, 4.69) is 5.32 Å². The summed E-state index contributed by atoms with van der Waals surface area (Å²) >= 11 is 0. The Bertz CT molecular complexity index is 572. The van der Waals surface area contributed by atoms with Gasteiger partial charge in [0.15, 0.2) is 0 Å². The summed E-state index contributed by atoms with van der Waals surface area (Å²) in [6.07, 6.45) is -0.0538. The number of nitrogens with zero attached hydrogens (tertiary/aromatic N) is 1. The molecule has 7 nitrogen and oxygen atoms in total. The molecule has 0 saturated carbocycles. The Morgan fingerprint density at radius 1 is 1.48 bits per heavy atom. The van der Waals surface area contributed by atoms with E-state index in [0.717, 1.165) is 0 Å². The highest BCUT2D eigenvalue weighted by atomic mass is 16.5. The largest absolute Gasteiger partial charge is 0.497 e. The van der Waals surface area contributed by atoms with Gasteiger partial charge in [-0.2, -0.15) is 0 Å². The minimum Gasteiger partial charge on any atom is -0.497 e. The van der Waals surface area contributed by atoms with Gasteiger partial charge in [0, 0.05) is 24.7 Å². The Morgan fingerprint density at radius 3 is 2.86 bits per heavy atom. The molecule has 1 heterocycles. The van der Waals surface area contributed by atoms with Gasteiger partial charge in [-0.05, 0) is 12.1 Å². The van der Waals surface area contributed by atoms with Gasteiger partial charge in [0.2, 0.25) is 11.8 Å². The Balaban J connectivity index is 1.92. The van der Waals surface area contributed by atoms with Crippen molar-refractivity contribution in [1.29, 1.82) is 0 Å². The summed E-state index contributed by atoms with van der Waals surface area (Å²) in [6, 6.07) is 6.84. The second kappa shape index (κ2) is 6.25. The third kappa shape index (κ3) is 3.71. The van der Waals surface area contributed by atoms with E-state index in [0.29, 0.717) is 11.4 Å². The minimum atomic E-state index is -1.01. The molecular weight excluding hydrogens is 276 g/mol. The normalized spacial score (nSPS) is 17.7. The van der Waals surface area contributed by atoms with E-state index < -0.39 is 11.9 Å². The number of hydrogen-bond donors (Lipinski definition) is 2. The number of hydrogen-bond acceptors (Lipinski definition) is 4. The monoisotopic (exact) mass is 292 g/mol. The van der Waals surface area contributed by atoms with Crippen LogP contribution in [0.3, 0.4) is 0 Å². The van der Waals surface area contributed by atoms with Crippen LogP contribution in [0.2, 0.25) is 0 Å². The molecule has 2 amide bonds. The van der Waals surface area contributed by atoms with Crippen LogP contribution in [0.15, 0.2) is 24.3 Å². The van der Waals surface area contributed by atoms with Gasteiger partial charge in [0.25, 0.3) is 0 Å². The van der Waals surface area contributed by atoms with Crippen molar-refractivity contribution >= 4 is 23.5 Å². The van der Waals surface area contributed by atoms with Gasteiger partial charge in [-0.25, -0.2) is 0 Å². The molecule has 0 aliphatic carbocycles. The molecule has 1 saturated heterocycles. The van der Waals surface area contributed by atoms with Crippen LogP contribution >= 0.6 is 0 Å². The lowest BCUT2D eigenvalue weighted by molar-refractivity contribution is -0.141. The van der Waals surface area contributed by atoms with E-state index in [1.54, 1.807) is 24.3 Å². The molecule has 7 heteroatoms. The number of methoxy groups -OCH3 is 1. The predicted octanol–water partition coefficient (Wildman–Crippen LogP) is 0.567. The molecule has 2 N–H and O–H groups in total. The first-order valence-electron chi connectivity index (χ1n) is 6.44. The molecule has 2 rings (SSSR count). The number of nitrogens with one attached hydrogen (secondary N) is 1. The number of carboxylic acid groups (broad SMARTS) is 1. The van der Waals surface area contributed by atoms with Crippen molar-refractivity contribution in [3.63, 3.8) is 0 Å². The van der Waals surface area contributed by atoms with Crippen LogP contribution in [-0.2, 0) is 14.4 Å². The summed E-state index contributed by atoms with van der Waals surface area (Å²) < 4.78 is 5.05. The van der Waals surface area contributed by atoms with Gasteiger partial charge in [-0.1, -0.05) is 6.07 Å². The van der Waals surface area contributed by atoms with Gasteiger partial charge < -0.3 is 20.1 Å². The second-order valence-corrected chi connectivity index (χ2v) is 4.79. The van der Waals surface area contributed by atoms with Gasteiger partial charge in [0.05, 0.1) is 19.6 Å². The third-order valence-electron chi connectivity index (χ3n) is 3.25. The van der Waals surface area contributed by atoms with Crippen LogP contribution in [0.25, 0.3) is 0 Å². The fraction of sp³-hybridized carbons (Fsp3) is 0.357. The first-order chi connectivity index (χ1) is 9.99. The molecule has 0 radical (unpaired) electrons. The number of carboxylic acids is 1. The molecule has 1 fully saturated rings. The molecule has 1 aromatic carbocycles. The van der Waals surface area contributed by atoms with E-state index >= 15 is 0 Å². The lowest BCUT2D eigenvalue weighted by Gasteiger charge is -2.15. The zero-order valence-electron chi connectivity index (χ0n) is 11.5. The SMILES string of the molecule is COc1cccc(NC(=O)CN2CC(C(=O)O)CC2=O)c1. The molecular formula is C14H16N2O5. The van der Waals surface area contributed by atoms with Gasteiger partial charge >= 0.3 is 5.97 Å². The molecule has 1 aliphatic heterocycles. The smallest absolute Gasteiger partial charge is 0.308 e. The maximum atomic E-state index is 11.9. The Hall–Kier alpha value is -2.57. The summed E-state index contributed by atoms with van der Waals surface area (Å²) in [5, 5.41) is 11.5. The number of amides is 2.